The summed E-state index contributed by atoms with van der Waals surface area (Å²) in [4.78, 5) is 7.56. The summed E-state index contributed by atoms with van der Waals surface area (Å²) in [5.41, 5.74) is -0.594. The van der Waals surface area contributed by atoms with Crippen molar-refractivity contribution in [3.63, 3.8) is 0 Å². The molecule has 1 aliphatic rings. The first-order valence-electron chi connectivity index (χ1n) is 7.43. The van der Waals surface area contributed by atoms with Crippen LogP contribution in [0, 0.1) is 17.2 Å². The minimum Gasteiger partial charge on any atom is -0.370 e. The van der Waals surface area contributed by atoms with E-state index in [1.54, 1.807) is 17.8 Å². The van der Waals surface area contributed by atoms with Gasteiger partial charge in [0.25, 0.3) is 0 Å². The van der Waals surface area contributed by atoms with Gasteiger partial charge in [-0.1, -0.05) is 11.6 Å². The lowest BCUT2D eigenvalue weighted by molar-refractivity contribution is -0.137. The van der Waals surface area contributed by atoms with Gasteiger partial charge in [-0.05, 0) is 13.3 Å². The molecule has 2 atom stereocenters. The number of hydrogen-bond acceptors (Lipinski definition) is 6. The molecule has 0 amide bonds. The molecule has 2 heterocycles. The van der Waals surface area contributed by atoms with E-state index in [0.29, 0.717) is 18.3 Å². The Morgan fingerprint density at radius 2 is 2.24 bits per heavy atom. The van der Waals surface area contributed by atoms with Crippen LogP contribution in [0.4, 0.5) is 30.6 Å². The van der Waals surface area contributed by atoms with E-state index in [4.69, 9.17) is 16.9 Å². The summed E-state index contributed by atoms with van der Waals surface area (Å²) >= 11 is 6.03. The monoisotopic (exact) mass is 371 g/mol. The summed E-state index contributed by atoms with van der Waals surface area (Å²) in [7, 11) is 0. The fourth-order valence-electron chi connectivity index (χ4n) is 2.31. The van der Waals surface area contributed by atoms with Gasteiger partial charge in [-0.2, -0.15) is 28.5 Å². The maximum Gasteiger partial charge on any atom is 0.421 e. The fourth-order valence-corrected chi connectivity index (χ4v) is 2.49. The van der Waals surface area contributed by atoms with Gasteiger partial charge >= 0.3 is 6.18 Å². The molecule has 1 saturated carbocycles. The van der Waals surface area contributed by atoms with Crippen LogP contribution in [0.2, 0.25) is 5.15 Å². The molecule has 0 aliphatic heterocycles. The zero-order valence-electron chi connectivity index (χ0n) is 13.0. The Morgan fingerprint density at radius 1 is 1.48 bits per heavy atom. The van der Waals surface area contributed by atoms with Crippen LogP contribution in [0.15, 0.2) is 12.4 Å². The molecule has 0 aromatic carbocycles. The molecule has 0 radical (unpaired) electrons. The van der Waals surface area contributed by atoms with E-state index >= 15 is 0 Å². The van der Waals surface area contributed by atoms with Gasteiger partial charge in [0.15, 0.2) is 5.15 Å². The summed E-state index contributed by atoms with van der Waals surface area (Å²) in [6.07, 6.45) is -1.58. The number of nitrogens with one attached hydrogen (secondary N) is 2. The number of nitriles is 1. The number of aromatic nitrogens is 4. The van der Waals surface area contributed by atoms with Crippen LogP contribution in [0.1, 0.15) is 24.9 Å². The van der Waals surface area contributed by atoms with Crippen LogP contribution in [-0.2, 0) is 6.18 Å². The molecule has 132 valence electrons. The summed E-state index contributed by atoms with van der Waals surface area (Å²) in [6, 6.07) is 2.11. The first-order chi connectivity index (χ1) is 11.8. The number of halogens is 4. The Labute approximate surface area is 145 Å². The van der Waals surface area contributed by atoms with Gasteiger partial charge in [-0.3, -0.25) is 4.68 Å². The molecule has 25 heavy (non-hydrogen) atoms. The molecule has 2 aromatic heterocycles. The molecule has 11 heteroatoms. The van der Waals surface area contributed by atoms with E-state index in [-0.39, 0.29) is 35.4 Å². The van der Waals surface area contributed by atoms with Gasteiger partial charge in [0.1, 0.15) is 11.4 Å². The van der Waals surface area contributed by atoms with Crippen molar-refractivity contribution >= 4 is 29.1 Å². The molecule has 2 N–H and O–H groups in total. The van der Waals surface area contributed by atoms with Gasteiger partial charge in [0, 0.05) is 12.7 Å². The number of alkyl halides is 3. The topological polar surface area (TPSA) is 91.5 Å². The van der Waals surface area contributed by atoms with Crippen LogP contribution >= 0.6 is 11.6 Å². The van der Waals surface area contributed by atoms with Crippen molar-refractivity contribution in [1.82, 2.24) is 19.7 Å². The lowest BCUT2D eigenvalue weighted by Crippen LogP contribution is -2.14. The standard InChI is InChI=1S/C14H13ClF3N7/c1-2-20-12-8(14(16,17)18)5-21-13(23-12)22-9-6-25(24-11(9)15)10-3-7(10)4-19/h5-7,10H,2-3H2,1H3,(H2,20,21,22,23)/t7?,10-/m0/s1. The van der Waals surface area contributed by atoms with Gasteiger partial charge in [0.2, 0.25) is 5.95 Å². The Bertz CT molecular complexity index is 827. The first-order valence-corrected chi connectivity index (χ1v) is 7.80. The first kappa shape index (κ1) is 17.3. The second-order valence-electron chi connectivity index (χ2n) is 5.46. The minimum absolute atomic E-state index is 0.0381. The second-order valence-corrected chi connectivity index (χ2v) is 5.82. The number of nitrogens with zero attached hydrogens (tertiary/aromatic N) is 5. The quantitative estimate of drug-likeness (QED) is 0.834. The molecule has 7 nitrogen and oxygen atoms in total. The highest BCUT2D eigenvalue weighted by Gasteiger charge is 2.40. The van der Waals surface area contributed by atoms with Crippen molar-refractivity contribution in [3.05, 3.63) is 23.1 Å². The van der Waals surface area contributed by atoms with Crippen LogP contribution in [-0.4, -0.2) is 26.3 Å². The van der Waals surface area contributed by atoms with Crippen LogP contribution in [0.25, 0.3) is 0 Å². The highest BCUT2D eigenvalue weighted by atomic mass is 35.5. The van der Waals surface area contributed by atoms with Crippen molar-refractivity contribution in [2.45, 2.75) is 25.6 Å². The molecule has 1 unspecified atom stereocenters. The van der Waals surface area contributed by atoms with Gasteiger partial charge in [-0.25, -0.2) is 4.98 Å². The SMILES string of the molecule is CCNc1nc(Nc2cn([C@H]3CC3C#N)nc2Cl)ncc1C(F)(F)F. The molecule has 1 aliphatic carbocycles. The lowest BCUT2D eigenvalue weighted by Gasteiger charge is -2.13. The second kappa shape index (κ2) is 6.40. The summed E-state index contributed by atoms with van der Waals surface area (Å²) < 4.78 is 40.5. The van der Waals surface area contributed by atoms with Gasteiger partial charge in [0.05, 0.1) is 29.9 Å². The third-order valence-electron chi connectivity index (χ3n) is 3.63. The van der Waals surface area contributed by atoms with Crippen molar-refractivity contribution in [2.24, 2.45) is 5.92 Å². The van der Waals surface area contributed by atoms with E-state index in [1.807, 2.05) is 0 Å². The molecule has 0 spiro atoms. The maximum atomic E-state index is 13.0. The van der Waals surface area contributed by atoms with Crippen LogP contribution in [0.5, 0.6) is 0 Å². The molecular weight excluding hydrogens is 359 g/mol. The Morgan fingerprint density at radius 3 is 2.84 bits per heavy atom. The van der Waals surface area contributed by atoms with E-state index in [9.17, 15) is 13.2 Å². The summed E-state index contributed by atoms with van der Waals surface area (Å²) in [6.45, 7) is 1.94. The van der Waals surface area contributed by atoms with E-state index in [2.05, 4.69) is 31.8 Å². The third-order valence-corrected chi connectivity index (χ3v) is 3.91. The molecule has 2 aromatic rings. The smallest absolute Gasteiger partial charge is 0.370 e. The Balaban J connectivity index is 1.84. The van der Waals surface area contributed by atoms with Crippen LogP contribution in [0.3, 0.4) is 0 Å². The van der Waals surface area contributed by atoms with Gasteiger partial charge in [-0.15, -0.1) is 0 Å². The van der Waals surface area contributed by atoms with Crippen molar-refractivity contribution in [2.75, 3.05) is 17.2 Å². The Kier molecular flexibility index (Phi) is 4.43. The third kappa shape index (κ3) is 3.61. The number of hydrogen-bond donors (Lipinski definition) is 2. The largest absolute Gasteiger partial charge is 0.421 e. The average molecular weight is 372 g/mol. The highest BCUT2D eigenvalue weighted by Crippen LogP contribution is 2.43. The van der Waals surface area contributed by atoms with E-state index in [1.165, 1.54) is 0 Å². The minimum atomic E-state index is -4.56. The highest BCUT2D eigenvalue weighted by molar-refractivity contribution is 6.32. The molecule has 0 bridgehead atoms. The molecule has 0 saturated heterocycles. The predicted molar refractivity (Wildman–Crippen MR) is 84.5 cm³/mol. The summed E-state index contributed by atoms with van der Waals surface area (Å²) in [5.74, 6) is -0.465. The molecular formula is C14H13ClF3N7. The van der Waals surface area contributed by atoms with Crippen molar-refractivity contribution in [1.29, 1.82) is 5.26 Å². The van der Waals surface area contributed by atoms with Crippen molar-refractivity contribution in [3.8, 4) is 6.07 Å². The normalized spacial score (nSPS) is 19.4. The zero-order chi connectivity index (χ0) is 18.2. The lowest BCUT2D eigenvalue weighted by atomic mass is 10.3. The number of rotatable bonds is 5. The molecule has 3 rings (SSSR count). The van der Waals surface area contributed by atoms with E-state index in [0.717, 1.165) is 0 Å². The fraction of sp³-hybridized carbons (Fsp3) is 0.429. The molecule has 1 fully saturated rings. The summed E-state index contributed by atoms with van der Waals surface area (Å²) in [5, 5.41) is 18.4. The van der Waals surface area contributed by atoms with E-state index < -0.39 is 11.7 Å². The predicted octanol–water partition coefficient (Wildman–Crippen LogP) is 3.61. The van der Waals surface area contributed by atoms with Crippen molar-refractivity contribution < 1.29 is 13.2 Å². The Hall–Kier alpha value is -2.54. The van der Waals surface area contributed by atoms with Gasteiger partial charge < -0.3 is 10.6 Å². The average Bonchev–Trinajstić information content (AvgIpc) is 3.24. The zero-order valence-corrected chi connectivity index (χ0v) is 13.7. The van der Waals surface area contributed by atoms with Crippen LogP contribution < -0.4 is 10.6 Å². The maximum absolute atomic E-state index is 13.0. The number of anilines is 3.